The summed E-state index contributed by atoms with van der Waals surface area (Å²) in [7, 11) is 0. The normalized spacial score (nSPS) is 11.4. The van der Waals surface area contributed by atoms with Crippen LogP contribution in [0.25, 0.3) is 0 Å². The Morgan fingerprint density at radius 3 is 2.21 bits per heavy atom. The third-order valence-corrected chi connectivity index (χ3v) is 3.91. The minimum Gasteiger partial charge on any atom is -0.383 e. The molecule has 0 saturated heterocycles. The van der Waals surface area contributed by atoms with Gasteiger partial charge in [0.1, 0.15) is 23.8 Å². The molecule has 1 atom stereocenters. The maximum atomic E-state index is 13.7. The minimum absolute atomic E-state index is 0.136. The zero-order valence-corrected chi connectivity index (χ0v) is 16.3. The van der Waals surface area contributed by atoms with Gasteiger partial charge < -0.3 is 16.8 Å². The predicted molar refractivity (Wildman–Crippen MR) is 104 cm³/mol. The maximum Gasteiger partial charge on any atom is 0.225 e. The fourth-order valence-electron chi connectivity index (χ4n) is 1.89. The molecule has 0 spiro atoms. The van der Waals surface area contributed by atoms with Crippen molar-refractivity contribution in [1.29, 1.82) is 0 Å². The molecule has 3 rings (SSSR count). The second-order valence-electron chi connectivity index (χ2n) is 5.48. The summed E-state index contributed by atoms with van der Waals surface area (Å²) in [4.78, 5) is 18.5. The number of rotatable bonds is 3. The molecule has 28 heavy (non-hydrogen) atoms. The van der Waals surface area contributed by atoms with Crippen LogP contribution in [0.1, 0.15) is 24.2 Å². The first kappa shape index (κ1) is 21.5. The Hall–Kier alpha value is -2.85. The first-order chi connectivity index (χ1) is 13.2. The third kappa shape index (κ3) is 5.57. The number of anilines is 3. The van der Waals surface area contributed by atoms with E-state index in [0.29, 0.717) is 17.3 Å². The van der Waals surface area contributed by atoms with Crippen molar-refractivity contribution in [3.8, 4) is 0 Å². The molecule has 0 aliphatic rings. The van der Waals surface area contributed by atoms with Crippen LogP contribution < -0.4 is 16.8 Å². The SMILES string of the molecule is C[C@H](Nc1nc(Cl)nc(Cl)c1F)c1ccc(F)cn1.Cc1c(N)ncnc1N. The van der Waals surface area contributed by atoms with E-state index in [-0.39, 0.29) is 16.3 Å². The van der Waals surface area contributed by atoms with E-state index >= 15 is 0 Å². The van der Waals surface area contributed by atoms with Gasteiger partial charge in [0.15, 0.2) is 11.0 Å². The number of aromatic nitrogens is 5. The lowest BCUT2D eigenvalue weighted by atomic mass is 10.2. The summed E-state index contributed by atoms with van der Waals surface area (Å²) in [5, 5.41) is 2.20. The third-order valence-electron chi connectivity index (χ3n) is 3.49. The molecule has 0 aliphatic heterocycles. The Balaban J connectivity index is 0.000000261. The van der Waals surface area contributed by atoms with Gasteiger partial charge in [0.2, 0.25) is 11.1 Å². The molecule has 0 saturated carbocycles. The van der Waals surface area contributed by atoms with Gasteiger partial charge in [-0.05, 0) is 37.6 Å². The molecule has 5 N–H and O–H groups in total. The molecule has 3 heterocycles. The number of nitrogens with zero attached hydrogens (tertiary/aromatic N) is 5. The highest BCUT2D eigenvalue weighted by molar-refractivity contribution is 6.32. The second kappa shape index (κ2) is 9.38. The quantitative estimate of drug-likeness (QED) is 0.426. The standard InChI is InChI=1S/C11H8Cl2F2N4.C5H8N4/c1-5(7-3-2-6(14)4-16-7)17-10-8(15)9(12)18-11(13)19-10;1-3-4(6)8-2-9-5(3)7/h2-5H,1H3,(H,17,18,19);2H,1H3,(H4,6,7,8,9)/t5-;/m0./s1. The number of hydrogen-bond donors (Lipinski definition) is 3. The Bertz CT molecular complexity index is 936. The van der Waals surface area contributed by atoms with Gasteiger partial charge in [0.05, 0.1) is 17.9 Å². The van der Waals surface area contributed by atoms with Crippen LogP contribution in [0.2, 0.25) is 10.4 Å². The molecular formula is C16H16Cl2F2N8. The maximum absolute atomic E-state index is 13.7. The summed E-state index contributed by atoms with van der Waals surface area (Å²) in [6.45, 7) is 3.49. The largest absolute Gasteiger partial charge is 0.383 e. The van der Waals surface area contributed by atoms with Gasteiger partial charge >= 0.3 is 0 Å². The van der Waals surface area contributed by atoms with Gasteiger partial charge in [-0.2, -0.15) is 9.37 Å². The molecule has 3 aromatic heterocycles. The van der Waals surface area contributed by atoms with Crippen molar-refractivity contribution in [2.24, 2.45) is 0 Å². The van der Waals surface area contributed by atoms with Crippen molar-refractivity contribution in [2.45, 2.75) is 19.9 Å². The van der Waals surface area contributed by atoms with Crippen molar-refractivity contribution < 1.29 is 8.78 Å². The Morgan fingerprint density at radius 1 is 1.04 bits per heavy atom. The van der Waals surface area contributed by atoms with Crippen LogP contribution in [0, 0.1) is 18.6 Å². The molecule has 148 valence electrons. The molecule has 0 bridgehead atoms. The monoisotopic (exact) mass is 428 g/mol. The lowest BCUT2D eigenvalue weighted by Gasteiger charge is -2.14. The minimum atomic E-state index is -0.806. The highest BCUT2D eigenvalue weighted by Gasteiger charge is 2.15. The van der Waals surface area contributed by atoms with Crippen LogP contribution in [-0.2, 0) is 0 Å². The van der Waals surface area contributed by atoms with E-state index in [1.165, 1.54) is 18.5 Å². The first-order valence-corrected chi connectivity index (χ1v) is 8.53. The molecule has 8 nitrogen and oxygen atoms in total. The van der Waals surface area contributed by atoms with Gasteiger partial charge in [0.25, 0.3) is 0 Å². The van der Waals surface area contributed by atoms with Crippen LogP contribution in [0.3, 0.4) is 0 Å². The van der Waals surface area contributed by atoms with Crippen molar-refractivity contribution in [3.63, 3.8) is 0 Å². The van der Waals surface area contributed by atoms with Gasteiger partial charge in [0, 0.05) is 5.56 Å². The second-order valence-corrected chi connectivity index (χ2v) is 6.18. The molecule has 0 aliphatic carbocycles. The lowest BCUT2D eigenvalue weighted by Crippen LogP contribution is -2.12. The van der Waals surface area contributed by atoms with Crippen molar-refractivity contribution >= 4 is 40.7 Å². The summed E-state index contributed by atoms with van der Waals surface area (Å²) in [6, 6.07) is 2.34. The van der Waals surface area contributed by atoms with Crippen LogP contribution >= 0.6 is 23.2 Å². The van der Waals surface area contributed by atoms with Gasteiger partial charge in [-0.15, -0.1) is 0 Å². The smallest absolute Gasteiger partial charge is 0.225 e. The fourth-order valence-corrected chi connectivity index (χ4v) is 2.27. The molecular weight excluding hydrogens is 413 g/mol. The Morgan fingerprint density at radius 2 is 1.68 bits per heavy atom. The predicted octanol–water partition coefficient (Wildman–Crippen LogP) is 3.58. The summed E-state index contributed by atoms with van der Waals surface area (Å²) in [5.74, 6) is -0.496. The van der Waals surface area contributed by atoms with Gasteiger partial charge in [-0.25, -0.2) is 19.3 Å². The topological polar surface area (TPSA) is 129 Å². The molecule has 3 aromatic rings. The van der Waals surface area contributed by atoms with Crippen molar-refractivity contribution in [1.82, 2.24) is 24.9 Å². The molecule has 0 unspecified atom stereocenters. The number of nitrogens with one attached hydrogen (secondary N) is 1. The zero-order chi connectivity index (χ0) is 20.8. The van der Waals surface area contributed by atoms with Crippen LogP contribution in [-0.4, -0.2) is 24.9 Å². The van der Waals surface area contributed by atoms with E-state index in [1.807, 2.05) is 0 Å². The van der Waals surface area contributed by atoms with E-state index in [2.05, 4.69) is 30.2 Å². The molecule has 0 radical (unpaired) electrons. The number of nitrogen functional groups attached to an aromatic ring is 2. The number of halogens is 4. The van der Waals surface area contributed by atoms with Gasteiger partial charge in [-0.1, -0.05) is 11.6 Å². The average Bonchev–Trinajstić information content (AvgIpc) is 2.64. The Labute approximate surface area is 169 Å². The van der Waals surface area contributed by atoms with E-state index in [1.54, 1.807) is 13.8 Å². The molecule has 12 heteroatoms. The first-order valence-electron chi connectivity index (χ1n) is 7.78. The highest BCUT2D eigenvalue weighted by atomic mass is 35.5. The summed E-state index contributed by atoms with van der Waals surface area (Å²) in [6.07, 6.45) is 2.42. The lowest BCUT2D eigenvalue weighted by molar-refractivity contribution is 0.609. The highest BCUT2D eigenvalue weighted by Crippen LogP contribution is 2.24. The number of nitrogens with two attached hydrogens (primary N) is 2. The Kier molecular flexibility index (Phi) is 7.18. The van der Waals surface area contributed by atoms with Crippen LogP contribution in [0.4, 0.5) is 26.2 Å². The van der Waals surface area contributed by atoms with Crippen LogP contribution in [0.5, 0.6) is 0 Å². The summed E-state index contributed by atoms with van der Waals surface area (Å²) >= 11 is 11.1. The summed E-state index contributed by atoms with van der Waals surface area (Å²) in [5.41, 5.74) is 12.0. The number of hydrogen-bond acceptors (Lipinski definition) is 8. The molecule has 0 aromatic carbocycles. The average molecular weight is 429 g/mol. The van der Waals surface area contributed by atoms with E-state index in [9.17, 15) is 8.78 Å². The van der Waals surface area contributed by atoms with Crippen molar-refractivity contribution in [2.75, 3.05) is 16.8 Å². The van der Waals surface area contributed by atoms with E-state index in [0.717, 1.165) is 11.8 Å². The van der Waals surface area contributed by atoms with Crippen molar-refractivity contribution in [3.05, 3.63) is 58.0 Å². The fraction of sp³-hybridized carbons (Fsp3) is 0.188. The molecule has 0 fully saturated rings. The zero-order valence-electron chi connectivity index (χ0n) is 14.8. The number of pyridine rings is 1. The summed E-state index contributed by atoms with van der Waals surface area (Å²) < 4.78 is 26.4. The van der Waals surface area contributed by atoms with E-state index < -0.39 is 17.7 Å². The molecule has 0 amide bonds. The van der Waals surface area contributed by atoms with Crippen LogP contribution in [0.15, 0.2) is 24.7 Å². The van der Waals surface area contributed by atoms with Gasteiger partial charge in [-0.3, -0.25) is 4.98 Å². The van der Waals surface area contributed by atoms with E-state index in [4.69, 9.17) is 34.7 Å².